The van der Waals surface area contributed by atoms with Gasteiger partial charge < -0.3 is 9.30 Å². The average molecular weight is 342 g/mol. The van der Waals surface area contributed by atoms with E-state index in [0.717, 1.165) is 16.6 Å². The van der Waals surface area contributed by atoms with Gasteiger partial charge in [-0.1, -0.05) is 37.3 Å². The maximum Gasteiger partial charge on any atom is 0.334 e. The Morgan fingerprint density at radius 1 is 1.08 bits per heavy atom. The first kappa shape index (κ1) is 17.2. The number of imidazole rings is 1. The number of aryl methyl sites for hydroxylation is 1. The van der Waals surface area contributed by atoms with E-state index in [-0.39, 0.29) is 18.0 Å². The highest BCUT2D eigenvalue weighted by atomic mass is 16.5. The minimum Gasteiger partial charge on any atom is -0.360 e. The lowest BCUT2D eigenvalue weighted by Gasteiger charge is -2.11. The van der Waals surface area contributed by atoms with E-state index in [1.54, 1.807) is 10.9 Å². The van der Waals surface area contributed by atoms with Crippen LogP contribution in [-0.2, 0) is 24.6 Å². The quantitative estimate of drug-likeness (QED) is 0.614. The number of fused-ring (bicyclic) bond motifs is 1. The highest BCUT2D eigenvalue weighted by molar-refractivity contribution is 5.70. The van der Waals surface area contributed by atoms with Crippen molar-refractivity contribution in [3.63, 3.8) is 0 Å². The molecule has 2 aromatic heterocycles. The van der Waals surface area contributed by atoms with Crippen LogP contribution in [0.25, 0.3) is 11.2 Å². The van der Waals surface area contributed by atoms with Crippen molar-refractivity contribution in [2.24, 2.45) is 0 Å². The molecule has 3 rings (SSSR count). The van der Waals surface area contributed by atoms with Gasteiger partial charge >= 0.3 is 5.69 Å². The number of rotatable bonds is 7. The van der Waals surface area contributed by atoms with Crippen molar-refractivity contribution in [1.29, 1.82) is 0 Å². The molecule has 7 heteroatoms. The van der Waals surface area contributed by atoms with Crippen molar-refractivity contribution in [1.82, 2.24) is 18.7 Å². The van der Waals surface area contributed by atoms with E-state index < -0.39 is 0 Å². The molecule has 0 aliphatic carbocycles. The standard InChI is InChI=1S/C18H22N4O3/c1-3-10-25-13-22-17(23)15-16(21(4-2)18(22)24)19-12-20(15)11-14-8-6-5-7-9-14/h5-9,12H,3-4,10-11,13H2,1-2H3. The van der Waals surface area contributed by atoms with E-state index in [1.165, 1.54) is 4.57 Å². The second kappa shape index (κ2) is 7.48. The SMILES string of the molecule is CCCOCn1c(=O)c2c(ncn2Cc2ccccc2)n(CC)c1=O. The molecule has 0 saturated heterocycles. The Morgan fingerprint density at radius 2 is 1.84 bits per heavy atom. The zero-order valence-corrected chi connectivity index (χ0v) is 14.5. The molecular weight excluding hydrogens is 320 g/mol. The summed E-state index contributed by atoms with van der Waals surface area (Å²) in [5.74, 6) is 0. The van der Waals surface area contributed by atoms with Crippen LogP contribution in [0.1, 0.15) is 25.8 Å². The van der Waals surface area contributed by atoms with Crippen molar-refractivity contribution in [3.8, 4) is 0 Å². The summed E-state index contributed by atoms with van der Waals surface area (Å²) in [5, 5.41) is 0. The van der Waals surface area contributed by atoms with Gasteiger partial charge in [0, 0.05) is 19.7 Å². The summed E-state index contributed by atoms with van der Waals surface area (Å²) in [6, 6.07) is 9.83. The molecule has 25 heavy (non-hydrogen) atoms. The summed E-state index contributed by atoms with van der Waals surface area (Å²) in [5.41, 5.74) is 1.14. The average Bonchev–Trinajstić information content (AvgIpc) is 3.03. The van der Waals surface area contributed by atoms with E-state index in [2.05, 4.69) is 4.98 Å². The van der Waals surface area contributed by atoms with Crippen LogP contribution in [0.3, 0.4) is 0 Å². The van der Waals surface area contributed by atoms with Gasteiger partial charge in [-0.15, -0.1) is 0 Å². The summed E-state index contributed by atoms with van der Waals surface area (Å²) >= 11 is 0. The third-order valence-corrected chi connectivity index (χ3v) is 4.06. The normalized spacial score (nSPS) is 11.3. The zero-order chi connectivity index (χ0) is 17.8. The molecule has 132 valence electrons. The number of benzene rings is 1. The predicted octanol–water partition coefficient (Wildman–Crippen LogP) is 1.81. The van der Waals surface area contributed by atoms with Gasteiger partial charge in [0.25, 0.3) is 5.56 Å². The van der Waals surface area contributed by atoms with Crippen molar-refractivity contribution < 1.29 is 4.74 Å². The molecule has 0 spiro atoms. The number of hydrogen-bond acceptors (Lipinski definition) is 4. The van der Waals surface area contributed by atoms with Crippen molar-refractivity contribution in [2.45, 2.75) is 40.1 Å². The van der Waals surface area contributed by atoms with E-state index in [0.29, 0.717) is 30.9 Å². The summed E-state index contributed by atoms with van der Waals surface area (Å²) in [4.78, 5) is 29.8. The molecule has 0 N–H and O–H groups in total. The van der Waals surface area contributed by atoms with E-state index in [4.69, 9.17) is 4.74 Å². The first-order valence-electron chi connectivity index (χ1n) is 8.47. The second-order valence-electron chi connectivity index (χ2n) is 5.83. The van der Waals surface area contributed by atoms with Gasteiger partial charge in [-0.25, -0.2) is 14.3 Å². The Hall–Kier alpha value is -2.67. The van der Waals surface area contributed by atoms with Crippen LogP contribution < -0.4 is 11.2 Å². The van der Waals surface area contributed by atoms with Crippen LogP contribution in [0.15, 0.2) is 46.2 Å². The van der Waals surface area contributed by atoms with Gasteiger partial charge in [0.05, 0.1) is 6.33 Å². The van der Waals surface area contributed by atoms with Crippen LogP contribution in [0.5, 0.6) is 0 Å². The Bertz CT molecular complexity index is 970. The van der Waals surface area contributed by atoms with Gasteiger partial charge in [-0.05, 0) is 18.9 Å². The highest BCUT2D eigenvalue weighted by Gasteiger charge is 2.17. The van der Waals surface area contributed by atoms with Gasteiger partial charge in [0.15, 0.2) is 11.2 Å². The molecule has 0 fully saturated rings. The largest absolute Gasteiger partial charge is 0.360 e. The molecule has 0 aliphatic heterocycles. The summed E-state index contributed by atoms with van der Waals surface area (Å²) in [6.07, 6.45) is 2.44. The fourth-order valence-corrected chi connectivity index (χ4v) is 2.84. The third-order valence-electron chi connectivity index (χ3n) is 4.06. The predicted molar refractivity (Wildman–Crippen MR) is 95.7 cm³/mol. The third kappa shape index (κ3) is 3.28. The van der Waals surface area contributed by atoms with Gasteiger partial charge in [0.1, 0.15) is 6.73 Å². The Balaban J connectivity index is 2.13. The molecule has 7 nitrogen and oxygen atoms in total. The first-order valence-corrected chi connectivity index (χ1v) is 8.47. The van der Waals surface area contributed by atoms with Crippen LogP contribution >= 0.6 is 0 Å². The molecule has 0 unspecified atom stereocenters. The summed E-state index contributed by atoms with van der Waals surface area (Å²) in [6.45, 7) is 5.25. The number of aromatic nitrogens is 4. The van der Waals surface area contributed by atoms with Crippen molar-refractivity contribution >= 4 is 11.2 Å². The maximum atomic E-state index is 12.9. The molecule has 0 amide bonds. The zero-order valence-electron chi connectivity index (χ0n) is 14.5. The number of ether oxygens (including phenoxy) is 1. The fourth-order valence-electron chi connectivity index (χ4n) is 2.84. The summed E-state index contributed by atoms with van der Waals surface area (Å²) in [7, 11) is 0. The lowest BCUT2D eigenvalue weighted by molar-refractivity contribution is 0.0716. The first-order chi connectivity index (χ1) is 12.2. The Labute approximate surface area is 145 Å². The molecule has 3 aromatic rings. The molecule has 2 heterocycles. The van der Waals surface area contributed by atoms with Gasteiger partial charge in [-0.2, -0.15) is 0 Å². The smallest absolute Gasteiger partial charge is 0.334 e. The van der Waals surface area contributed by atoms with Gasteiger partial charge in [-0.3, -0.25) is 9.36 Å². The monoisotopic (exact) mass is 342 g/mol. The Morgan fingerprint density at radius 3 is 2.52 bits per heavy atom. The molecule has 0 radical (unpaired) electrons. The minimum atomic E-state index is -0.388. The van der Waals surface area contributed by atoms with Crippen LogP contribution in [0.2, 0.25) is 0 Å². The fraction of sp³-hybridized carbons (Fsp3) is 0.389. The van der Waals surface area contributed by atoms with Crippen LogP contribution in [-0.4, -0.2) is 25.3 Å². The van der Waals surface area contributed by atoms with Gasteiger partial charge in [0.2, 0.25) is 0 Å². The number of nitrogens with zero attached hydrogens (tertiary/aromatic N) is 4. The lowest BCUT2D eigenvalue weighted by atomic mass is 10.2. The topological polar surface area (TPSA) is 71.1 Å². The van der Waals surface area contributed by atoms with Crippen molar-refractivity contribution in [2.75, 3.05) is 6.61 Å². The Kier molecular flexibility index (Phi) is 5.14. The van der Waals surface area contributed by atoms with Crippen molar-refractivity contribution in [3.05, 3.63) is 63.1 Å². The van der Waals surface area contributed by atoms with Crippen LogP contribution in [0.4, 0.5) is 0 Å². The number of hydrogen-bond donors (Lipinski definition) is 0. The van der Waals surface area contributed by atoms with E-state index >= 15 is 0 Å². The highest BCUT2D eigenvalue weighted by Crippen LogP contribution is 2.10. The van der Waals surface area contributed by atoms with E-state index in [9.17, 15) is 9.59 Å². The van der Waals surface area contributed by atoms with Crippen LogP contribution in [0, 0.1) is 0 Å². The minimum absolute atomic E-state index is 0.0437. The molecule has 0 saturated carbocycles. The van der Waals surface area contributed by atoms with E-state index in [1.807, 2.05) is 44.2 Å². The molecule has 0 aliphatic rings. The lowest BCUT2D eigenvalue weighted by Crippen LogP contribution is -2.41. The second-order valence-corrected chi connectivity index (χ2v) is 5.83. The molecule has 0 atom stereocenters. The maximum absolute atomic E-state index is 12.9. The molecule has 1 aromatic carbocycles. The summed E-state index contributed by atoms with van der Waals surface area (Å²) < 4.78 is 9.87. The molecule has 0 bridgehead atoms. The molecular formula is C18H22N4O3.